The van der Waals surface area contributed by atoms with Gasteiger partial charge in [-0.2, -0.15) is 0 Å². The number of piperidine rings is 1. The minimum atomic E-state index is -1.44. The summed E-state index contributed by atoms with van der Waals surface area (Å²) in [5.41, 5.74) is -0.249. The molecule has 1 saturated heterocycles. The molecule has 1 aromatic heterocycles. The van der Waals surface area contributed by atoms with E-state index in [0.29, 0.717) is 5.56 Å². The number of carbonyl (C=O) groups is 5. The number of hydrogen-bond donors (Lipinski definition) is 2. The van der Waals surface area contributed by atoms with E-state index in [9.17, 15) is 24.0 Å². The fraction of sp³-hybridized carbons (Fsp3) is 0.238. The van der Waals surface area contributed by atoms with Gasteiger partial charge in [0.1, 0.15) is 11.2 Å². The molecule has 0 bridgehead atoms. The molecule has 9 nitrogen and oxygen atoms in total. The molecule has 3 heterocycles. The van der Waals surface area contributed by atoms with Crippen molar-refractivity contribution < 1.29 is 24.0 Å². The van der Waals surface area contributed by atoms with E-state index in [1.54, 1.807) is 18.2 Å². The third-order valence-electron chi connectivity index (χ3n) is 5.44. The maximum atomic E-state index is 13.0. The smallest absolute Gasteiger partial charge is 0.270 e. The molecule has 0 unspecified atom stereocenters. The fourth-order valence-electron chi connectivity index (χ4n) is 3.64. The highest BCUT2D eigenvalue weighted by Gasteiger charge is 2.52. The van der Waals surface area contributed by atoms with Gasteiger partial charge in [-0.05, 0) is 59.1 Å². The van der Waals surface area contributed by atoms with Gasteiger partial charge in [0.25, 0.3) is 23.6 Å². The van der Waals surface area contributed by atoms with Gasteiger partial charge in [-0.15, -0.1) is 0 Å². The lowest BCUT2D eigenvalue weighted by atomic mass is 9.89. The average Bonchev–Trinajstić information content (AvgIpc) is 3.00. The molecule has 0 radical (unpaired) electrons. The van der Waals surface area contributed by atoms with E-state index in [2.05, 4.69) is 31.5 Å². The molecule has 0 aliphatic carbocycles. The highest BCUT2D eigenvalue weighted by molar-refractivity contribution is 9.10. The number of amides is 5. The first-order valence-corrected chi connectivity index (χ1v) is 10.3. The van der Waals surface area contributed by atoms with Gasteiger partial charge in [0.15, 0.2) is 0 Å². The van der Waals surface area contributed by atoms with Crippen molar-refractivity contribution in [2.75, 3.05) is 0 Å². The Hall–Kier alpha value is -3.40. The van der Waals surface area contributed by atoms with E-state index in [1.165, 1.54) is 25.3 Å². The predicted molar refractivity (Wildman–Crippen MR) is 111 cm³/mol. The fourth-order valence-corrected chi connectivity index (χ4v) is 3.87. The van der Waals surface area contributed by atoms with E-state index in [4.69, 9.17) is 0 Å². The van der Waals surface area contributed by atoms with Crippen LogP contribution in [-0.4, -0.2) is 45.0 Å². The zero-order valence-corrected chi connectivity index (χ0v) is 18.0. The number of fused-ring (bicyclic) bond motifs is 1. The van der Waals surface area contributed by atoms with Gasteiger partial charge >= 0.3 is 0 Å². The summed E-state index contributed by atoms with van der Waals surface area (Å²) in [7, 11) is 0. The largest absolute Gasteiger partial charge is 0.347 e. The van der Waals surface area contributed by atoms with Crippen LogP contribution in [0, 0.1) is 0 Å². The van der Waals surface area contributed by atoms with Crippen molar-refractivity contribution in [3.8, 4) is 0 Å². The first kappa shape index (κ1) is 20.9. The zero-order valence-electron chi connectivity index (χ0n) is 16.4. The van der Waals surface area contributed by atoms with E-state index in [0.717, 1.165) is 9.37 Å². The Morgan fingerprint density at radius 3 is 2.58 bits per heavy atom. The highest BCUT2D eigenvalue weighted by atomic mass is 79.9. The van der Waals surface area contributed by atoms with Crippen LogP contribution in [0.15, 0.2) is 41.0 Å². The Bertz CT molecular complexity index is 1150. The minimum Gasteiger partial charge on any atom is -0.347 e. The Balaban J connectivity index is 1.53. The lowest BCUT2D eigenvalue weighted by Crippen LogP contribution is -2.62. The monoisotopic (exact) mass is 484 g/mol. The van der Waals surface area contributed by atoms with Gasteiger partial charge in [-0.3, -0.25) is 34.2 Å². The van der Waals surface area contributed by atoms with Crippen molar-refractivity contribution >= 4 is 45.5 Å². The van der Waals surface area contributed by atoms with Crippen molar-refractivity contribution in [1.29, 1.82) is 0 Å². The molecule has 1 aromatic carbocycles. The van der Waals surface area contributed by atoms with Crippen molar-refractivity contribution in [2.24, 2.45) is 0 Å². The summed E-state index contributed by atoms with van der Waals surface area (Å²) < 4.78 is 0.750. The molecular formula is C21H17BrN4O5. The SMILES string of the molecule is C[C@]1(N2C(=O)c3ccc(CNC(=O)c4ccc(Br)cn4)cc3C2=O)CCC(=O)NC1=O. The van der Waals surface area contributed by atoms with Gasteiger partial charge in [0.2, 0.25) is 5.91 Å². The van der Waals surface area contributed by atoms with Crippen LogP contribution >= 0.6 is 15.9 Å². The zero-order chi connectivity index (χ0) is 22.3. The number of pyridine rings is 1. The predicted octanol–water partition coefficient (Wildman–Crippen LogP) is 1.57. The molecule has 1 atom stereocenters. The lowest BCUT2D eigenvalue weighted by molar-refractivity contribution is -0.140. The summed E-state index contributed by atoms with van der Waals surface area (Å²) in [6, 6.07) is 7.94. The molecule has 2 aromatic rings. The molecule has 158 valence electrons. The third-order valence-corrected chi connectivity index (χ3v) is 5.91. The number of hydrogen-bond acceptors (Lipinski definition) is 6. The molecule has 2 aliphatic heterocycles. The van der Waals surface area contributed by atoms with Crippen LogP contribution in [0.1, 0.15) is 56.5 Å². The Kier molecular flexibility index (Phi) is 5.18. The number of carbonyl (C=O) groups excluding carboxylic acids is 5. The molecule has 2 aliphatic rings. The average molecular weight is 485 g/mol. The second kappa shape index (κ2) is 7.69. The Labute approximate surface area is 185 Å². The molecule has 1 fully saturated rings. The van der Waals surface area contributed by atoms with Crippen molar-refractivity contribution in [3.63, 3.8) is 0 Å². The maximum Gasteiger partial charge on any atom is 0.270 e. The lowest BCUT2D eigenvalue weighted by Gasteiger charge is -2.38. The molecule has 4 rings (SSSR count). The molecule has 0 spiro atoms. The number of halogens is 1. The Morgan fingerprint density at radius 2 is 1.90 bits per heavy atom. The summed E-state index contributed by atoms with van der Waals surface area (Å²) in [6.07, 6.45) is 1.61. The van der Waals surface area contributed by atoms with Gasteiger partial charge in [0, 0.05) is 23.6 Å². The van der Waals surface area contributed by atoms with Crippen LogP contribution in [0.4, 0.5) is 0 Å². The second-order valence-electron chi connectivity index (χ2n) is 7.52. The molecular weight excluding hydrogens is 468 g/mol. The van der Waals surface area contributed by atoms with Gasteiger partial charge in [-0.25, -0.2) is 4.98 Å². The number of nitrogens with zero attached hydrogens (tertiary/aromatic N) is 2. The summed E-state index contributed by atoms with van der Waals surface area (Å²) in [5.74, 6) is -2.67. The van der Waals surface area contributed by atoms with Crippen LogP contribution in [0.3, 0.4) is 0 Å². The maximum absolute atomic E-state index is 13.0. The van der Waals surface area contributed by atoms with Crippen LogP contribution in [-0.2, 0) is 16.1 Å². The normalized spacial score (nSPS) is 20.5. The van der Waals surface area contributed by atoms with Crippen LogP contribution in [0.2, 0.25) is 0 Å². The standard InChI is InChI=1S/C21H17BrN4O5/c1-21(7-6-16(27)25-20(21)31)26-18(29)13-4-2-11(8-14(13)19(26)30)9-24-17(28)15-5-3-12(22)10-23-15/h2-5,8,10H,6-7,9H2,1H3,(H,24,28)(H,25,27,31)/t21-/m0/s1. The number of imide groups is 2. The highest BCUT2D eigenvalue weighted by Crippen LogP contribution is 2.34. The van der Waals surface area contributed by atoms with Gasteiger partial charge < -0.3 is 5.32 Å². The van der Waals surface area contributed by atoms with E-state index in [1.807, 2.05) is 0 Å². The molecule has 2 N–H and O–H groups in total. The van der Waals surface area contributed by atoms with Crippen molar-refractivity contribution in [1.82, 2.24) is 20.5 Å². The molecule has 31 heavy (non-hydrogen) atoms. The Morgan fingerprint density at radius 1 is 1.16 bits per heavy atom. The first-order valence-electron chi connectivity index (χ1n) is 9.46. The minimum absolute atomic E-state index is 0.0387. The number of rotatable bonds is 4. The van der Waals surface area contributed by atoms with E-state index < -0.39 is 29.2 Å². The van der Waals surface area contributed by atoms with Crippen molar-refractivity contribution in [3.05, 3.63) is 63.4 Å². The summed E-state index contributed by atoms with van der Waals surface area (Å²) >= 11 is 3.25. The van der Waals surface area contributed by atoms with Crippen LogP contribution < -0.4 is 10.6 Å². The van der Waals surface area contributed by atoms with Gasteiger partial charge in [-0.1, -0.05) is 6.07 Å². The quantitative estimate of drug-likeness (QED) is 0.634. The number of benzene rings is 1. The van der Waals surface area contributed by atoms with Crippen LogP contribution in [0.25, 0.3) is 0 Å². The summed E-state index contributed by atoms with van der Waals surface area (Å²) in [4.78, 5) is 67.0. The van der Waals surface area contributed by atoms with E-state index in [-0.39, 0.29) is 42.1 Å². The second-order valence-corrected chi connectivity index (χ2v) is 8.44. The van der Waals surface area contributed by atoms with Gasteiger partial charge in [0.05, 0.1) is 11.1 Å². The topological polar surface area (TPSA) is 126 Å². The molecule has 10 heteroatoms. The number of aromatic nitrogens is 1. The summed E-state index contributed by atoms with van der Waals surface area (Å²) in [6.45, 7) is 1.60. The molecule has 5 amide bonds. The van der Waals surface area contributed by atoms with Crippen LogP contribution in [0.5, 0.6) is 0 Å². The third kappa shape index (κ3) is 3.63. The van der Waals surface area contributed by atoms with E-state index >= 15 is 0 Å². The summed E-state index contributed by atoms with van der Waals surface area (Å²) in [5, 5.41) is 4.92. The first-order chi connectivity index (χ1) is 14.7. The number of nitrogens with one attached hydrogen (secondary N) is 2. The molecule has 0 saturated carbocycles. The van der Waals surface area contributed by atoms with Crippen molar-refractivity contribution in [2.45, 2.75) is 31.8 Å².